The molecule has 3 aliphatic heterocycles. The number of nitrogens with one attached hydrogen (secondary N) is 1. The number of nitrogens with two attached hydrogens (primary N) is 2. The Balaban J connectivity index is 0.595. The van der Waals surface area contributed by atoms with E-state index in [0.29, 0.717) is 126 Å². The van der Waals surface area contributed by atoms with Crippen LogP contribution < -0.4 is 31.0 Å². The lowest BCUT2D eigenvalue weighted by atomic mass is 9.97. The molecule has 9 rings (SSSR count). The largest absolute Gasteiger partial charge is 0.492 e. The monoisotopic (exact) mass is 1170 g/mol. The first kappa shape index (κ1) is 61.5. The number of anilines is 2. The minimum atomic E-state index is -0.913. The molecule has 2 fully saturated rings. The van der Waals surface area contributed by atoms with E-state index in [-0.39, 0.29) is 49.8 Å². The van der Waals surface area contributed by atoms with Gasteiger partial charge >= 0.3 is 0 Å². The molecule has 6 aromatic rings. The molecule has 0 saturated carbocycles. The molecule has 450 valence electrons. The predicted molar refractivity (Wildman–Crippen MR) is 319 cm³/mol. The first-order valence-corrected chi connectivity index (χ1v) is 29.9. The minimum Gasteiger partial charge on any atom is -0.492 e. The highest BCUT2D eigenvalue weighted by molar-refractivity contribution is 7.13. The van der Waals surface area contributed by atoms with Gasteiger partial charge in [0.25, 0.3) is 5.91 Å². The average Bonchev–Trinajstić information content (AvgIpc) is 2.80. The van der Waals surface area contributed by atoms with Gasteiger partial charge in [0.15, 0.2) is 0 Å². The zero-order chi connectivity index (χ0) is 58.8. The van der Waals surface area contributed by atoms with Crippen LogP contribution in [0.25, 0.3) is 21.3 Å². The van der Waals surface area contributed by atoms with Crippen molar-refractivity contribution in [3.63, 3.8) is 0 Å². The van der Waals surface area contributed by atoms with Gasteiger partial charge in [0, 0.05) is 43.7 Å². The van der Waals surface area contributed by atoms with Gasteiger partial charge in [-0.3, -0.25) is 19.3 Å². The normalized spacial score (nSPS) is 16.8. The first-order chi connectivity index (χ1) is 40.9. The number of rotatable bonds is 32. The second-order valence-electron chi connectivity index (χ2n) is 21.5. The third kappa shape index (κ3) is 16.7. The van der Waals surface area contributed by atoms with Crippen LogP contribution in [0.15, 0.2) is 90.4 Å². The third-order valence-corrected chi connectivity index (χ3v) is 16.1. The highest BCUT2D eigenvalue weighted by Gasteiger charge is 2.46. The van der Waals surface area contributed by atoms with Crippen LogP contribution >= 0.6 is 11.3 Å². The fraction of sp³-hybridized carbons (Fsp3) is 0.484. The SMILES string of the molecule is Cc1ncsc1-c1ccc(CNC(=O)[C@@H]2C[C@@H](O)CN2C(=O)[C@H](C(C)C)N2Cc3ccccc3C2=O)c(OCCOCCOCCOCCOCCOCCOc2cccc(CN3CCC(COc4cccc5nc(N)nc(N)c45)CC3)c2)c1. The molecule has 2 aromatic heterocycles. The summed E-state index contributed by atoms with van der Waals surface area (Å²) in [6, 6.07) is 25.3. The Hall–Kier alpha value is -7.02. The molecule has 0 unspecified atom stereocenters. The molecule has 6 N–H and O–H groups in total. The molecule has 22 heteroatoms. The van der Waals surface area contributed by atoms with Gasteiger partial charge in [-0.1, -0.05) is 62.4 Å². The second kappa shape index (κ2) is 30.7. The Kier molecular flexibility index (Phi) is 22.5. The van der Waals surface area contributed by atoms with Gasteiger partial charge in [-0.25, -0.2) is 9.97 Å². The summed E-state index contributed by atoms with van der Waals surface area (Å²) in [4.78, 5) is 60.9. The minimum absolute atomic E-state index is 0.00227. The smallest absolute Gasteiger partial charge is 0.255 e. The van der Waals surface area contributed by atoms with Gasteiger partial charge in [0.05, 0.1) is 106 Å². The molecule has 21 nitrogen and oxygen atoms in total. The van der Waals surface area contributed by atoms with E-state index in [2.05, 4.69) is 37.3 Å². The quantitative estimate of drug-likeness (QED) is 0.0337. The molecule has 3 aliphatic rings. The van der Waals surface area contributed by atoms with E-state index < -0.39 is 24.1 Å². The predicted octanol–water partition coefficient (Wildman–Crippen LogP) is 6.32. The van der Waals surface area contributed by atoms with Gasteiger partial charge in [0.1, 0.15) is 48.4 Å². The number of amides is 3. The van der Waals surface area contributed by atoms with Gasteiger partial charge in [0.2, 0.25) is 17.8 Å². The van der Waals surface area contributed by atoms with Crippen molar-refractivity contribution in [1.82, 2.24) is 35.0 Å². The number of hydrogen-bond acceptors (Lipinski definition) is 19. The van der Waals surface area contributed by atoms with Crippen LogP contribution in [0.5, 0.6) is 17.2 Å². The topological polar surface area (TPSA) is 258 Å². The number of nitrogen functional groups attached to an aromatic ring is 2. The van der Waals surface area contributed by atoms with Crippen molar-refractivity contribution in [2.75, 3.05) is 117 Å². The van der Waals surface area contributed by atoms with E-state index in [9.17, 15) is 19.5 Å². The highest BCUT2D eigenvalue weighted by Crippen LogP contribution is 2.35. The van der Waals surface area contributed by atoms with E-state index in [0.717, 1.165) is 65.5 Å². The van der Waals surface area contributed by atoms with Gasteiger partial charge < -0.3 is 69.6 Å². The van der Waals surface area contributed by atoms with E-state index >= 15 is 0 Å². The number of piperidine rings is 1. The van der Waals surface area contributed by atoms with Crippen LogP contribution in [0.1, 0.15) is 65.9 Å². The molecule has 3 atom stereocenters. The van der Waals surface area contributed by atoms with E-state index in [1.807, 2.05) is 87.5 Å². The first-order valence-electron chi connectivity index (χ1n) is 29.0. The number of aryl methyl sites for hydroxylation is 1. The zero-order valence-electron chi connectivity index (χ0n) is 48.3. The van der Waals surface area contributed by atoms with Gasteiger partial charge in [-0.05, 0) is 97.8 Å². The molecule has 0 radical (unpaired) electrons. The molecule has 0 bridgehead atoms. The lowest BCUT2D eigenvalue weighted by Gasteiger charge is -2.35. The summed E-state index contributed by atoms with van der Waals surface area (Å²) in [5.41, 5.74) is 19.6. The Labute approximate surface area is 494 Å². The molecule has 3 amide bonds. The van der Waals surface area contributed by atoms with Crippen LogP contribution in [0.3, 0.4) is 0 Å². The van der Waals surface area contributed by atoms with E-state index in [1.165, 1.54) is 21.8 Å². The number of carbonyl (C=O) groups is 3. The number of β-amino-alcohol motifs (C(OH)–C–C–N with tert-alkyl or cyclic N) is 1. The number of hydrogen-bond donors (Lipinski definition) is 4. The number of ether oxygens (including phenoxy) is 8. The maximum Gasteiger partial charge on any atom is 0.255 e. The van der Waals surface area contributed by atoms with Crippen LogP contribution in [0, 0.1) is 18.8 Å². The fourth-order valence-electron chi connectivity index (χ4n) is 10.9. The maximum atomic E-state index is 14.3. The van der Waals surface area contributed by atoms with Crippen molar-refractivity contribution < 1.29 is 57.4 Å². The van der Waals surface area contributed by atoms with Crippen molar-refractivity contribution in [3.8, 4) is 27.7 Å². The molecule has 0 aliphatic carbocycles. The van der Waals surface area contributed by atoms with Crippen molar-refractivity contribution in [3.05, 3.63) is 118 Å². The van der Waals surface area contributed by atoms with Crippen LogP contribution in [-0.4, -0.2) is 176 Å². The lowest BCUT2D eigenvalue weighted by molar-refractivity contribution is -0.143. The number of aliphatic hydroxyl groups excluding tert-OH is 1. The number of likely N-dealkylation sites (tertiary alicyclic amines) is 2. The van der Waals surface area contributed by atoms with Crippen LogP contribution in [0.4, 0.5) is 11.8 Å². The van der Waals surface area contributed by atoms with Crippen molar-refractivity contribution in [2.45, 2.75) is 77.9 Å². The lowest BCUT2D eigenvalue weighted by Crippen LogP contribution is -2.55. The molecule has 4 aromatic carbocycles. The van der Waals surface area contributed by atoms with Crippen molar-refractivity contribution in [2.24, 2.45) is 11.8 Å². The van der Waals surface area contributed by atoms with Crippen molar-refractivity contribution >= 4 is 51.7 Å². The molecule has 5 heterocycles. The van der Waals surface area contributed by atoms with E-state index in [4.69, 9.17) is 49.4 Å². The molecule has 0 spiro atoms. The summed E-state index contributed by atoms with van der Waals surface area (Å²) in [5, 5.41) is 14.5. The van der Waals surface area contributed by atoms with Crippen LogP contribution in [-0.2, 0) is 52.9 Å². The third-order valence-electron chi connectivity index (χ3n) is 15.1. The molecular weight excluding hydrogens is 1090 g/mol. The molecule has 2 saturated heterocycles. The Morgan fingerprint density at radius 1 is 0.774 bits per heavy atom. The average molecular weight is 1170 g/mol. The standard InChI is InChI=1S/C62H79N9O12S/c1-41(2)56(71-37-47-9-4-5-11-50(47)60(71)74)61(75)70-38-48(72)34-52(70)59(73)65-35-46-15-14-45(57-42(3)66-40-84-57)33-54(46)82-31-29-80-27-25-78-23-21-76-20-22-77-24-26-79-28-30-81-49-10-6-8-44(32-49)36-69-18-16-43(17-19-69)39-83-53-13-7-12-51-55(53)58(63)68-62(64)67-51/h4-15,32-33,40-41,43,48,52,56,72H,16-31,34-39H2,1-3H3,(H,65,73)(H4,63,64,67,68)/t48-,52+,56+/m1/s1. The van der Waals surface area contributed by atoms with Crippen LogP contribution in [0.2, 0.25) is 0 Å². The summed E-state index contributed by atoms with van der Waals surface area (Å²) < 4.78 is 47.0. The fourth-order valence-corrected chi connectivity index (χ4v) is 11.7. The summed E-state index contributed by atoms with van der Waals surface area (Å²) in [6.07, 6.45) is 1.28. The Morgan fingerprint density at radius 3 is 2.13 bits per heavy atom. The molecular formula is C62H79N9O12S. The number of aromatic nitrogens is 3. The summed E-state index contributed by atoms with van der Waals surface area (Å²) in [6.45, 7) is 14.4. The Morgan fingerprint density at radius 2 is 1.45 bits per heavy atom. The Bertz CT molecular complexity index is 3120. The molecule has 84 heavy (non-hydrogen) atoms. The van der Waals surface area contributed by atoms with E-state index in [1.54, 1.807) is 16.5 Å². The number of benzene rings is 4. The zero-order valence-corrected chi connectivity index (χ0v) is 49.1. The highest BCUT2D eigenvalue weighted by atomic mass is 32.1. The van der Waals surface area contributed by atoms with Gasteiger partial charge in [-0.15, -0.1) is 11.3 Å². The number of fused-ring (bicyclic) bond motifs is 2. The number of nitrogens with zero attached hydrogens (tertiary/aromatic N) is 6. The van der Waals surface area contributed by atoms with Gasteiger partial charge in [-0.2, -0.15) is 4.98 Å². The number of carbonyl (C=O) groups excluding carboxylic acids is 3. The maximum absolute atomic E-state index is 14.3. The summed E-state index contributed by atoms with van der Waals surface area (Å²) in [7, 11) is 0. The summed E-state index contributed by atoms with van der Waals surface area (Å²) in [5.74, 6) is 1.80. The van der Waals surface area contributed by atoms with Crippen molar-refractivity contribution in [1.29, 1.82) is 0 Å². The second-order valence-corrected chi connectivity index (χ2v) is 22.4. The summed E-state index contributed by atoms with van der Waals surface area (Å²) >= 11 is 1.53. The number of aliphatic hydroxyl groups is 1. The number of thiazole rings is 1.